The van der Waals surface area contributed by atoms with Gasteiger partial charge in [-0.3, -0.25) is 14.8 Å². The van der Waals surface area contributed by atoms with Crippen LogP contribution in [0.4, 0.5) is 10.5 Å². The average molecular weight is 331 g/mol. The monoisotopic (exact) mass is 331 g/mol. The van der Waals surface area contributed by atoms with Gasteiger partial charge in [-0.05, 0) is 26.3 Å². The van der Waals surface area contributed by atoms with E-state index in [1.54, 1.807) is 16.8 Å². The van der Waals surface area contributed by atoms with Gasteiger partial charge in [0.2, 0.25) is 0 Å². The summed E-state index contributed by atoms with van der Waals surface area (Å²) in [5.74, 6) is 0. The zero-order valence-electron chi connectivity index (χ0n) is 14.2. The molecule has 0 aliphatic rings. The molecule has 1 aromatic heterocycles. The largest absolute Gasteiger partial charge is 0.334 e. The minimum atomic E-state index is -0.459. The molecule has 0 aliphatic heterocycles. The van der Waals surface area contributed by atoms with Crippen molar-refractivity contribution in [2.24, 2.45) is 7.05 Å². The molecule has 1 unspecified atom stereocenters. The Hall–Kier alpha value is -2.90. The number of aromatic nitrogens is 2. The third-order valence-electron chi connectivity index (χ3n) is 3.92. The fraction of sp³-hybridized carbons (Fsp3) is 0.375. The molecule has 1 heterocycles. The number of rotatable bonds is 5. The lowest BCUT2D eigenvalue weighted by atomic mass is 10.1. The van der Waals surface area contributed by atoms with E-state index in [1.807, 2.05) is 27.8 Å². The third kappa shape index (κ3) is 3.89. The van der Waals surface area contributed by atoms with Crippen LogP contribution in [0.25, 0.3) is 0 Å². The third-order valence-corrected chi connectivity index (χ3v) is 3.92. The quantitative estimate of drug-likeness (QED) is 0.649. The van der Waals surface area contributed by atoms with Gasteiger partial charge in [0.25, 0.3) is 5.69 Å². The minimum absolute atomic E-state index is 0.00434. The molecule has 0 aliphatic carbocycles. The van der Waals surface area contributed by atoms with Gasteiger partial charge in [0.15, 0.2) is 0 Å². The molecule has 0 bridgehead atoms. The van der Waals surface area contributed by atoms with E-state index in [0.29, 0.717) is 5.56 Å². The van der Waals surface area contributed by atoms with E-state index in [2.05, 4.69) is 15.7 Å². The van der Waals surface area contributed by atoms with Crippen molar-refractivity contribution in [3.05, 3.63) is 56.9 Å². The molecule has 0 saturated heterocycles. The SMILES string of the molecule is Cc1nn(C)c(C)c1C(C)NC(=O)NCc1cccc([N+](=O)[O-])c1. The number of amides is 2. The number of aryl methyl sites for hydroxylation is 2. The Bertz CT molecular complexity index is 769. The maximum absolute atomic E-state index is 12.1. The molecule has 128 valence electrons. The van der Waals surface area contributed by atoms with E-state index in [-0.39, 0.29) is 24.3 Å². The molecule has 2 N–H and O–H groups in total. The highest BCUT2D eigenvalue weighted by atomic mass is 16.6. The van der Waals surface area contributed by atoms with Crippen molar-refractivity contribution >= 4 is 11.7 Å². The summed E-state index contributed by atoms with van der Waals surface area (Å²) in [6, 6.07) is 5.66. The molecule has 2 aromatic rings. The van der Waals surface area contributed by atoms with Crippen molar-refractivity contribution in [3.63, 3.8) is 0 Å². The van der Waals surface area contributed by atoms with Crippen molar-refractivity contribution in [2.75, 3.05) is 0 Å². The summed E-state index contributed by atoms with van der Waals surface area (Å²) in [5.41, 5.74) is 3.54. The number of hydrogen-bond acceptors (Lipinski definition) is 4. The van der Waals surface area contributed by atoms with E-state index in [1.165, 1.54) is 12.1 Å². The second-order valence-corrected chi connectivity index (χ2v) is 5.68. The van der Waals surface area contributed by atoms with Crippen LogP contribution >= 0.6 is 0 Å². The Morgan fingerprint density at radius 1 is 1.42 bits per heavy atom. The molecule has 2 rings (SSSR count). The van der Waals surface area contributed by atoms with E-state index >= 15 is 0 Å². The number of hydrogen-bond donors (Lipinski definition) is 2. The van der Waals surface area contributed by atoms with Crippen molar-refractivity contribution < 1.29 is 9.72 Å². The van der Waals surface area contributed by atoms with Gasteiger partial charge in [-0.2, -0.15) is 5.10 Å². The maximum atomic E-state index is 12.1. The zero-order valence-corrected chi connectivity index (χ0v) is 14.2. The highest BCUT2D eigenvalue weighted by molar-refractivity contribution is 5.74. The summed E-state index contributed by atoms with van der Waals surface area (Å²) in [7, 11) is 1.86. The van der Waals surface area contributed by atoms with Gasteiger partial charge in [0.05, 0.1) is 16.7 Å². The van der Waals surface area contributed by atoms with Crippen LogP contribution in [0.5, 0.6) is 0 Å². The van der Waals surface area contributed by atoms with E-state index in [9.17, 15) is 14.9 Å². The Kier molecular flexibility index (Phi) is 5.18. The van der Waals surface area contributed by atoms with Gasteiger partial charge in [-0.15, -0.1) is 0 Å². The number of nitrogens with one attached hydrogen (secondary N) is 2. The molecule has 0 radical (unpaired) electrons. The highest BCUT2D eigenvalue weighted by Crippen LogP contribution is 2.20. The normalized spacial score (nSPS) is 11.8. The van der Waals surface area contributed by atoms with Gasteiger partial charge in [-0.1, -0.05) is 12.1 Å². The number of nitrogens with zero attached hydrogens (tertiary/aromatic N) is 3. The van der Waals surface area contributed by atoms with Crippen LogP contribution in [-0.4, -0.2) is 20.7 Å². The van der Waals surface area contributed by atoms with Crippen molar-refractivity contribution in [3.8, 4) is 0 Å². The summed E-state index contributed by atoms with van der Waals surface area (Å²) in [4.78, 5) is 22.4. The summed E-state index contributed by atoms with van der Waals surface area (Å²) in [5, 5.41) is 20.7. The highest BCUT2D eigenvalue weighted by Gasteiger charge is 2.18. The van der Waals surface area contributed by atoms with Crippen molar-refractivity contribution in [2.45, 2.75) is 33.4 Å². The number of non-ortho nitro benzene ring substituents is 1. The predicted octanol–water partition coefficient (Wildman–Crippen LogP) is 2.51. The summed E-state index contributed by atoms with van der Waals surface area (Å²) < 4.78 is 1.78. The lowest BCUT2D eigenvalue weighted by Crippen LogP contribution is -2.37. The van der Waals surface area contributed by atoms with Crippen LogP contribution in [0, 0.1) is 24.0 Å². The van der Waals surface area contributed by atoms with Crippen LogP contribution in [0.2, 0.25) is 0 Å². The number of carbonyl (C=O) groups excluding carboxylic acids is 1. The molecule has 24 heavy (non-hydrogen) atoms. The standard InChI is InChI=1S/C16H21N5O3/c1-10(15-11(2)19-20(4)12(15)3)18-16(22)17-9-13-6-5-7-14(8-13)21(23)24/h5-8,10H,9H2,1-4H3,(H2,17,18,22). The van der Waals surface area contributed by atoms with Gasteiger partial charge >= 0.3 is 6.03 Å². The summed E-state index contributed by atoms with van der Waals surface area (Å²) in [6.45, 7) is 5.96. The first-order valence-electron chi connectivity index (χ1n) is 7.57. The molecule has 0 saturated carbocycles. The van der Waals surface area contributed by atoms with Crippen LogP contribution in [-0.2, 0) is 13.6 Å². The van der Waals surface area contributed by atoms with Crippen LogP contribution in [0.1, 0.15) is 35.5 Å². The van der Waals surface area contributed by atoms with Gasteiger partial charge in [0, 0.05) is 37.0 Å². The van der Waals surface area contributed by atoms with Crippen LogP contribution in [0.3, 0.4) is 0 Å². The number of urea groups is 1. The van der Waals surface area contributed by atoms with Crippen molar-refractivity contribution in [1.82, 2.24) is 20.4 Å². The van der Waals surface area contributed by atoms with Crippen molar-refractivity contribution in [1.29, 1.82) is 0 Å². The Morgan fingerprint density at radius 2 is 2.12 bits per heavy atom. The number of carbonyl (C=O) groups is 1. The minimum Gasteiger partial charge on any atom is -0.334 e. The molecule has 0 spiro atoms. The fourth-order valence-corrected chi connectivity index (χ4v) is 2.70. The van der Waals surface area contributed by atoms with Gasteiger partial charge in [0.1, 0.15) is 0 Å². The fourth-order valence-electron chi connectivity index (χ4n) is 2.70. The molecular formula is C16H21N5O3. The summed E-state index contributed by atoms with van der Waals surface area (Å²) >= 11 is 0. The Labute approximate surface area is 140 Å². The van der Waals surface area contributed by atoms with E-state index in [4.69, 9.17) is 0 Å². The average Bonchev–Trinajstić information content (AvgIpc) is 2.78. The molecular weight excluding hydrogens is 310 g/mol. The van der Waals surface area contributed by atoms with Crippen LogP contribution in [0.15, 0.2) is 24.3 Å². The van der Waals surface area contributed by atoms with Gasteiger partial charge in [-0.25, -0.2) is 4.79 Å². The zero-order chi connectivity index (χ0) is 17.9. The number of nitro groups is 1. The molecule has 1 aromatic carbocycles. The van der Waals surface area contributed by atoms with Crippen LogP contribution < -0.4 is 10.6 Å². The Balaban J connectivity index is 1.96. The Morgan fingerprint density at radius 3 is 2.71 bits per heavy atom. The summed E-state index contributed by atoms with van der Waals surface area (Å²) in [6.07, 6.45) is 0. The predicted molar refractivity (Wildman–Crippen MR) is 89.6 cm³/mol. The lowest BCUT2D eigenvalue weighted by molar-refractivity contribution is -0.384. The topological polar surface area (TPSA) is 102 Å². The molecule has 0 fully saturated rings. The number of benzene rings is 1. The van der Waals surface area contributed by atoms with Gasteiger partial charge < -0.3 is 10.6 Å². The molecule has 2 amide bonds. The number of nitro benzene ring substituents is 1. The van der Waals surface area contributed by atoms with E-state index in [0.717, 1.165) is 17.0 Å². The first-order chi connectivity index (χ1) is 11.3. The molecule has 8 heteroatoms. The first-order valence-corrected chi connectivity index (χ1v) is 7.57. The smallest absolute Gasteiger partial charge is 0.315 e. The second kappa shape index (κ2) is 7.12. The lowest BCUT2D eigenvalue weighted by Gasteiger charge is -2.15. The molecule has 1 atom stereocenters. The maximum Gasteiger partial charge on any atom is 0.315 e. The first kappa shape index (κ1) is 17.5. The van der Waals surface area contributed by atoms with E-state index < -0.39 is 4.92 Å². The second-order valence-electron chi connectivity index (χ2n) is 5.68. The molecule has 8 nitrogen and oxygen atoms in total.